The largest absolute Gasteiger partial charge is 0.379 e. The van der Waals surface area contributed by atoms with Crippen molar-refractivity contribution in [1.82, 2.24) is 25.3 Å². The molecule has 3 heterocycles. The van der Waals surface area contributed by atoms with Gasteiger partial charge in [-0.2, -0.15) is 15.3 Å². The molecule has 3 aromatic rings. The normalized spacial score (nSPS) is 18.2. The highest BCUT2D eigenvalue weighted by atomic mass is 16.5. The van der Waals surface area contributed by atoms with Crippen molar-refractivity contribution in [3.8, 4) is 0 Å². The molecule has 0 radical (unpaired) electrons. The molecule has 1 aliphatic heterocycles. The summed E-state index contributed by atoms with van der Waals surface area (Å²) in [7, 11) is 0. The Kier molecular flexibility index (Phi) is 4.39. The monoisotopic (exact) mass is 337 g/mol. The molecule has 4 rings (SSSR count). The zero-order valence-corrected chi connectivity index (χ0v) is 13.8. The number of aromatic amines is 1. The lowest BCUT2D eigenvalue weighted by molar-refractivity contribution is 0.0736. The van der Waals surface area contributed by atoms with Crippen molar-refractivity contribution in [3.63, 3.8) is 0 Å². The van der Waals surface area contributed by atoms with Gasteiger partial charge in [0.15, 0.2) is 0 Å². The van der Waals surface area contributed by atoms with E-state index >= 15 is 0 Å². The molecule has 1 N–H and O–H groups in total. The number of aromatic nitrogens is 4. The SMILES string of the molecule is O=C(c1ccnnc1)N1CCOCC(Cc2ccc3[nH]ncc3c2)C1. The molecule has 1 atom stereocenters. The Morgan fingerprint density at radius 2 is 2.24 bits per heavy atom. The van der Waals surface area contributed by atoms with Gasteiger partial charge in [0, 0.05) is 24.4 Å². The first-order valence-corrected chi connectivity index (χ1v) is 8.35. The van der Waals surface area contributed by atoms with E-state index in [0.717, 1.165) is 17.3 Å². The number of nitrogens with zero attached hydrogens (tertiary/aromatic N) is 4. The second-order valence-corrected chi connectivity index (χ2v) is 6.32. The van der Waals surface area contributed by atoms with Crippen LogP contribution < -0.4 is 0 Å². The van der Waals surface area contributed by atoms with Crippen molar-refractivity contribution in [2.75, 3.05) is 26.3 Å². The van der Waals surface area contributed by atoms with Crippen molar-refractivity contribution in [1.29, 1.82) is 0 Å². The Balaban J connectivity index is 1.48. The summed E-state index contributed by atoms with van der Waals surface area (Å²) in [5.74, 6) is 0.237. The van der Waals surface area contributed by atoms with Gasteiger partial charge in [0.1, 0.15) is 0 Å². The maximum atomic E-state index is 12.7. The smallest absolute Gasteiger partial charge is 0.255 e. The summed E-state index contributed by atoms with van der Waals surface area (Å²) in [5, 5.41) is 15.6. The molecule has 0 bridgehead atoms. The fraction of sp³-hybridized carbons (Fsp3) is 0.333. The second kappa shape index (κ2) is 6.98. The van der Waals surface area contributed by atoms with Crippen molar-refractivity contribution < 1.29 is 9.53 Å². The molecule has 1 unspecified atom stereocenters. The van der Waals surface area contributed by atoms with Gasteiger partial charge in [-0.3, -0.25) is 9.89 Å². The van der Waals surface area contributed by atoms with Crippen LogP contribution in [0.1, 0.15) is 15.9 Å². The van der Waals surface area contributed by atoms with Gasteiger partial charge < -0.3 is 9.64 Å². The van der Waals surface area contributed by atoms with Gasteiger partial charge in [0.05, 0.1) is 42.9 Å². The van der Waals surface area contributed by atoms with E-state index in [1.807, 2.05) is 17.2 Å². The summed E-state index contributed by atoms with van der Waals surface area (Å²) in [6.07, 6.45) is 5.74. The predicted molar refractivity (Wildman–Crippen MR) is 92.0 cm³/mol. The minimum absolute atomic E-state index is 0.0179. The highest BCUT2D eigenvalue weighted by Gasteiger charge is 2.24. The lowest BCUT2D eigenvalue weighted by Gasteiger charge is -2.23. The van der Waals surface area contributed by atoms with Gasteiger partial charge in [-0.05, 0) is 30.2 Å². The van der Waals surface area contributed by atoms with Crippen molar-refractivity contribution in [3.05, 3.63) is 54.0 Å². The topological polar surface area (TPSA) is 84.0 Å². The zero-order valence-electron chi connectivity index (χ0n) is 13.8. The number of carbonyl (C=O) groups excluding carboxylic acids is 1. The maximum Gasteiger partial charge on any atom is 0.255 e. The Labute approximate surface area is 145 Å². The van der Waals surface area contributed by atoms with Crippen molar-refractivity contribution >= 4 is 16.8 Å². The van der Waals surface area contributed by atoms with E-state index in [1.165, 1.54) is 11.8 Å². The lowest BCUT2D eigenvalue weighted by Crippen LogP contribution is -2.36. The van der Waals surface area contributed by atoms with Crippen molar-refractivity contribution in [2.24, 2.45) is 5.92 Å². The Morgan fingerprint density at radius 1 is 1.28 bits per heavy atom. The molecule has 1 aliphatic rings. The fourth-order valence-electron chi connectivity index (χ4n) is 3.24. The van der Waals surface area contributed by atoms with E-state index < -0.39 is 0 Å². The van der Waals surface area contributed by atoms with Gasteiger partial charge >= 0.3 is 0 Å². The summed E-state index contributed by atoms with van der Waals surface area (Å²) < 4.78 is 5.73. The average Bonchev–Trinajstić information content (AvgIpc) is 2.99. The number of hydrogen-bond donors (Lipinski definition) is 1. The molecular formula is C18H19N5O2. The van der Waals surface area contributed by atoms with Gasteiger partial charge in [0.25, 0.3) is 5.91 Å². The van der Waals surface area contributed by atoms with Gasteiger partial charge in [-0.25, -0.2) is 0 Å². The number of nitrogens with one attached hydrogen (secondary N) is 1. The van der Waals surface area contributed by atoms with Crippen LogP contribution in [0.15, 0.2) is 42.9 Å². The number of fused-ring (bicyclic) bond motifs is 1. The molecule has 2 aromatic heterocycles. The van der Waals surface area contributed by atoms with E-state index in [4.69, 9.17) is 4.74 Å². The lowest BCUT2D eigenvalue weighted by atomic mass is 9.98. The Hall–Kier alpha value is -2.80. The molecule has 7 heteroatoms. The molecule has 1 fully saturated rings. The Bertz CT molecular complexity index is 864. The van der Waals surface area contributed by atoms with Crippen LogP contribution in [0.2, 0.25) is 0 Å². The first-order chi connectivity index (χ1) is 12.3. The number of ether oxygens (including phenoxy) is 1. The molecule has 128 valence electrons. The fourth-order valence-corrected chi connectivity index (χ4v) is 3.24. The minimum Gasteiger partial charge on any atom is -0.379 e. The molecule has 1 amide bonds. The number of amides is 1. The second-order valence-electron chi connectivity index (χ2n) is 6.32. The summed E-state index contributed by atoms with van der Waals surface area (Å²) in [5.41, 5.74) is 2.82. The van der Waals surface area contributed by atoms with E-state index in [2.05, 4.69) is 32.5 Å². The first-order valence-electron chi connectivity index (χ1n) is 8.35. The number of rotatable bonds is 3. The molecule has 0 aliphatic carbocycles. The van der Waals surface area contributed by atoms with Crippen LogP contribution in [-0.2, 0) is 11.2 Å². The van der Waals surface area contributed by atoms with Gasteiger partial charge in [-0.15, -0.1) is 0 Å². The zero-order chi connectivity index (χ0) is 17.1. The quantitative estimate of drug-likeness (QED) is 0.786. The van der Waals surface area contributed by atoms with Crippen LogP contribution in [-0.4, -0.2) is 57.5 Å². The van der Waals surface area contributed by atoms with Crippen LogP contribution in [0.4, 0.5) is 0 Å². The molecule has 0 saturated carbocycles. The number of carbonyl (C=O) groups is 1. The molecule has 7 nitrogen and oxygen atoms in total. The van der Waals surface area contributed by atoms with E-state index in [9.17, 15) is 4.79 Å². The molecular weight excluding hydrogens is 318 g/mol. The third-order valence-electron chi connectivity index (χ3n) is 4.49. The number of benzene rings is 1. The summed E-state index contributed by atoms with van der Waals surface area (Å²) in [4.78, 5) is 14.5. The third kappa shape index (κ3) is 3.51. The molecule has 1 saturated heterocycles. The molecule has 25 heavy (non-hydrogen) atoms. The number of H-pyrrole nitrogens is 1. The standard InChI is InChI=1S/C18H19N5O2/c24-18(15-3-4-19-20-9-15)23-5-6-25-12-14(11-23)7-13-1-2-17-16(8-13)10-21-22-17/h1-4,8-10,14H,5-7,11-12H2,(H,21,22). The highest BCUT2D eigenvalue weighted by Crippen LogP contribution is 2.19. The van der Waals surface area contributed by atoms with Crippen LogP contribution in [0.5, 0.6) is 0 Å². The first kappa shape index (κ1) is 15.7. The predicted octanol–water partition coefficient (Wildman–Crippen LogP) is 1.68. The highest BCUT2D eigenvalue weighted by molar-refractivity contribution is 5.93. The average molecular weight is 337 g/mol. The van der Waals surface area contributed by atoms with Gasteiger partial charge in [0.2, 0.25) is 0 Å². The maximum absolute atomic E-state index is 12.7. The Morgan fingerprint density at radius 3 is 3.12 bits per heavy atom. The summed E-state index contributed by atoms with van der Waals surface area (Å²) >= 11 is 0. The summed E-state index contributed by atoms with van der Waals surface area (Å²) in [6, 6.07) is 7.98. The van der Waals surface area contributed by atoms with Crippen molar-refractivity contribution in [2.45, 2.75) is 6.42 Å². The number of hydrogen-bond acceptors (Lipinski definition) is 5. The minimum atomic E-state index is -0.0179. The molecule has 0 spiro atoms. The van der Waals surface area contributed by atoms with Crippen LogP contribution >= 0.6 is 0 Å². The van der Waals surface area contributed by atoms with Crippen LogP contribution in [0.25, 0.3) is 10.9 Å². The van der Waals surface area contributed by atoms with E-state index in [1.54, 1.807) is 12.3 Å². The molecule has 1 aromatic carbocycles. The van der Waals surface area contributed by atoms with Crippen LogP contribution in [0, 0.1) is 5.92 Å². The third-order valence-corrected chi connectivity index (χ3v) is 4.49. The van der Waals surface area contributed by atoms with Crippen LogP contribution in [0.3, 0.4) is 0 Å². The van der Waals surface area contributed by atoms with E-state index in [0.29, 0.717) is 31.9 Å². The summed E-state index contributed by atoms with van der Waals surface area (Å²) in [6.45, 7) is 2.48. The van der Waals surface area contributed by atoms with E-state index in [-0.39, 0.29) is 11.8 Å². The van der Waals surface area contributed by atoms with Gasteiger partial charge in [-0.1, -0.05) is 6.07 Å².